The fraction of sp³-hybridized carbons (Fsp3) is 0.333. The largest absolute Gasteiger partial charge is 0.399 e. The summed E-state index contributed by atoms with van der Waals surface area (Å²) in [6, 6.07) is 5.15. The van der Waals surface area contributed by atoms with Crippen LogP contribution in [0.2, 0.25) is 0 Å². The lowest BCUT2D eigenvalue weighted by atomic mass is 10.2. The van der Waals surface area contributed by atoms with Gasteiger partial charge in [-0.1, -0.05) is 22.0 Å². The molecular weight excluding hydrogens is 256 g/mol. The molecule has 0 aliphatic carbocycles. The van der Waals surface area contributed by atoms with Gasteiger partial charge in [-0.2, -0.15) is 0 Å². The molecule has 0 aromatic heterocycles. The van der Waals surface area contributed by atoms with Crippen molar-refractivity contribution < 1.29 is 13.5 Å². The minimum atomic E-state index is -2.43. The van der Waals surface area contributed by atoms with Crippen LogP contribution in [-0.4, -0.2) is 13.0 Å². The zero-order valence-electron chi connectivity index (χ0n) is 7.34. The SMILES string of the molecule is Nc1ccc(COCC(F)F)c(Br)c1. The van der Waals surface area contributed by atoms with Crippen molar-refractivity contribution in [1.82, 2.24) is 0 Å². The highest BCUT2D eigenvalue weighted by Crippen LogP contribution is 2.20. The molecule has 5 heteroatoms. The van der Waals surface area contributed by atoms with E-state index in [4.69, 9.17) is 10.5 Å². The van der Waals surface area contributed by atoms with Crippen molar-refractivity contribution >= 4 is 21.6 Å². The number of alkyl halides is 2. The van der Waals surface area contributed by atoms with Gasteiger partial charge in [-0.25, -0.2) is 8.78 Å². The molecule has 1 aromatic rings. The predicted molar refractivity (Wildman–Crippen MR) is 54.2 cm³/mol. The molecule has 0 fully saturated rings. The summed E-state index contributed by atoms with van der Waals surface area (Å²) in [4.78, 5) is 0. The van der Waals surface area contributed by atoms with Gasteiger partial charge in [0.15, 0.2) is 0 Å². The summed E-state index contributed by atoms with van der Waals surface area (Å²) in [5.74, 6) is 0. The number of rotatable bonds is 4. The molecule has 1 aromatic carbocycles. The van der Waals surface area contributed by atoms with Gasteiger partial charge in [-0.3, -0.25) is 0 Å². The summed E-state index contributed by atoms with van der Waals surface area (Å²) in [6.45, 7) is -0.387. The first-order chi connectivity index (χ1) is 6.59. The van der Waals surface area contributed by atoms with Crippen molar-refractivity contribution in [2.24, 2.45) is 0 Å². The van der Waals surface area contributed by atoms with Crippen LogP contribution in [0.1, 0.15) is 5.56 Å². The topological polar surface area (TPSA) is 35.2 Å². The number of anilines is 1. The summed E-state index contributed by atoms with van der Waals surface area (Å²) in [5.41, 5.74) is 6.94. The van der Waals surface area contributed by atoms with Crippen LogP contribution in [0.3, 0.4) is 0 Å². The Morgan fingerprint density at radius 1 is 1.43 bits per heavy atom. The summed E-state index contributed by atoms with van der Waals surface area (Å²) in [7, 11) is 0. The molecule has 0 spiro atoms. The van der Waals surface area contributed by atoms with Crippen molar-refractivity contribution in [1.29, 1.82) is 0 Å². The number of ether oxygens (including phenoxy) is 1. The lowest BCUT2D eigenvalue weighted by Gasteiger charge is -2.06. The molecule has 0 radical (unpaired) electrons. The van der Waals surface area contributed by atoms with Gasteiger partial charge in [-0.05, 0) is 17.7 Å². The fourth-order valence-electron chi connectivity index (χ4n) is 0.939. The third kappa shape index (κ3) is 3.59. The average Bonchev–Trinajstić information content (AvgIpc) is 2.08. The molecule has 2 N–H and O–H groups in total. The van der Waals surface area contributed by atoms with E-state index in [0.717, 1.165) is 10.0 Å². The Morgan fingerprint density at radius 2 is 2.14 bits per heavy atom. The Balaban J connectivity index is 2.51. The van der Waals surface area contributed by atoms with Crippen molar-refractivity contribution in [2.75, 3.05) is 12.3 Å². The second-order valence-corrected chi connectivity index (χ2v) is 3.61. The van der Waals surface area contributed by atoms with Crippen LogP contribution in [-0.2, 0) is 11.3 Å². The van der Waals surface area contributed by atoms with Crippen LogP contribution in [0.5, 0.6) is 0 Å². The minimum Gasteiger partial charge on any atom is -0.399 e. The molecule has 0 amide bonds. The van der Waals surface area contributed by atoms with Crippen molar-refractivity contribution in [3.8, 4) is 0 Å². The maximum atomic E-state index is 11.7. The summed E-state index contributed by atoms with van der Waals surface area (Å²) in [5, 5.41) is 0. The van der Waals surface area contributed by atoms with Gasteiger partial charge >= 0.3 is 0 Å². The first kappa shape index (κ1) is 11.4. The minimum absolute atomic E-state index is 0.158. The standard InChI is InChI=1S/C9H10BrF2NO/c10-8-3-7(13)2-1-6(8)4-14-5-9(11)12/h1-3,9H,4-5,13H2. The Kier molecular flexibility index (Phi) is 4.28. The van der Waals surface area contributed by atoms with Crippen LogP contribution in [0.15, 0.2) is 22.7 Å². The molecule has 1 rings (SSSR count). The third-order valence-electron chi connectivity index (χ3n) is 1.58. The molecule has 0 saturated carbocycles. The highest BCUT2D eigenvalue weighted by molar-refractivity contribution is 9.10. The third-order valence-corrected chi connectivity index (χ3v) is 2.32. The predicted octanol–water partition coefficient (Wildman–Crippen LogP) is 2.81. The molecule has 2 nitrogen and oxygen atoms in total. The quantitative estimate of drug-likeness (QED) is 0.850. The van der Waals surface area contributed by atoms with Gasteiger partial charge < -0.3 is 10.5 Å². The zero-order valence-corrected chi connectivity index (χ0v) is 8.93. The highest BCUT2D eigenvalue weighted by Gasteiger charge is 2.04. The van der Waals surface area contributed by atoms with E-state index >= 15 is 0 Å². The monoisotopic (exact) mass is 265 g/mol. The lowest BCUT2D eigenvalue weighted by molar-refractivity contribution is 0.00971. The molecule has 0 atom stereocenters. The molecule has 0 aliphatic heterocycles. The van der Waals surface area contributed by atoms with Gasteiger partial charge in [0.05, 0.1) is 6.61 Å². The molecule has 0 saturated heterocycles. The Bertz CT molecular complexity index is 307. The second-order valence-electron chi connectivity index (χ2n) is 2.76. The van der Waals surface area contributed by atoms with Crippen molar-refractivity contribution in [2.45, 2.75) is 13.0 Å². The highest BCUT2D eigenvalue weighted by atomic mass is 79.9. The van der Waals surface area contributed by atoms with Gasteiger partial charge in [-0.15, -0.1) is 0 Å². The van der Waals surface area contributed by atoms with E-state index < -0.39 is 13.0 Å². The molecule has 78 valence electrons. The van der Waals surface area contributed by atoms with E-state index in [9.17, 15) is 8.78 Å². The first-order valence-corrected chi connectivity index (χ1v) is 4.78. The van der Waals surface area contributed by atoms with Gasteiger partial charge in [0.25, 0.3) is 6.43 Å². The van der Waals surface area contributed by atoms with Crippen LogP contribution in [0, 0.1) is 0 Å². The van der Waals surface area contributed by atoms with E-state index in [1.807, 2.05) is 0 Å². The van der Waals surface area contributed by atoms with E-state index in [1.165, 1.54) is 0 Å². The molecule has 0 aliphatic rings. The summed E-state index contributed by atoms with van der Waals surface area (Å²) in [6.07, 6.45) is -2.43. The number of benzene rings is 1. The first-order valence-electron chi connectivity index (χ1n) is 3.99. The number of hydrogen-bond donors (Lipinski definition) is 1. The normalized spacial score (nSPS) is 10.9. The number of halogens is 3. The van der Waals surface area contributed by atoms with Gasteiger partial charge in [0.1, 0.15) is 6.61 Å². The maximum Gasteiger partial charge on any atom is 0.261 e. The number of hydrogen-bond acceptors (Lipinski definition) is 2. The maximum absolute atomic E-state index is 11.7. The fourth-order valence-corrected chi connectivity index (χ4v) is 1.45. The molecule has 0 bridgehead atoms. The average molecular weight is 266 g/mol. The van der Waals surface area contributed by atoms with E-state index in [2.05, 4.69) is 15.9 Å². The molecule has 14 heavy (non-hydrogen) atoms. The Labute approximate surface area is 89.2 Å². The number of nitrogen functional groups attached to an aromatic ring is 1. The lowest BCUT2D eigenvalue weighted by Crippen LogP contribution is -2.04. The summed E-state index contributed by atoms with van der Waals surface area (Å²) < 4.78 is 29.0. The molecular formula is C9H10BrF2NO. The van der Waals surface area contributed by atoms with Crippen LogP contribution in [0.4, 0.5) is 14.5 Å². The smallest absolute Gasteiger partial charge is 0.261 e. The van der Waals surface area contributed by atoms with Crippen LogP contribution >= 0.6 is 15.9 Å². The zero-order chi connectivity index (χ0) is 10.6. The number of nitrogens with two attached hydrogens (primary N) is 1. The molecule has 0 unspecified atom stereocenters. The molecule has 0 heterocycles. The van der Waals surface area contributed by atoms with Gasteiger partial charge in [0.2, 0.25) is 0 Å². The Hall–Kier alpha value is -0.680. The Morgan fingerprint density at radius 3 is 2.71 bits per heavy atom. The van der Waals surface area contributed by atoms with E-state index in [0.29, 0.717) is 5.69 Å². The second kappa shape index (κ2) is 5.26. The van der Waals surface area contributed by atoms with E-state index in [-0.39, 0.29) is 6.61 Å². The van der Waals surface area contributed by atoms with Crippen LogP contribution in [0.25, 0.3) is 0 Å². The van der Waals surface area contributed by atoms with Crippen molar-refractivity contribution in [3.63, 3.8) is 0 Å². The van der Waals surface area contributed by atoms with Crippen molar-refractivity contribution in [3.05, 3.63) is 28.2 Å². The van der Waals surface area contributed by atoms with Crippen LogP contribution < -0.4 is 5.73 Å². The van der Waals surface area contributed by atoms with Gasteiger partial charge in [0, 0.05) is 10.2 Å². The summed E-state index contributed by atoms with van der Waals surface area (Å²) >= 11 is 3.27. The van der Waals surface area contributed by atoms with E-state index in [1.54, 1.807) is 18.2 Å².